The number of urea groups is 1. The van der Waals surface area contributed by atoms with Gasteiger partial charge in [-0.3, -0.25) is 4.79 Å². The van der Waals surface area contributed by atoms with Gasteiger partial charge in [0.05, 0.1) is 6.42 Å². The summed E-state index contributed by atoms with van der Waals surface area (Å²) in [6.07, 6.45) is 6.62. The van der Waals surface area contributed by atoms with Crippen LogP contribution in [0.3, 0.4) is 0 Å². The fraction of sp³-hybridized carbons (Fsp3) is 0.867. The number of aliphatic carboxylic acids is 1. The van der Waals surface area contributed by atoms with Gasteiger partial charge in [-0.05, 0) is 43.9 Å². The van der Waals surface area contributed by atoms with Gasteiger partial charge in [-0.15, -0.1) is 0 Å². The molecular formula is C15H26N2O3. The molecule has 0 spiro atoms. The van der Waals surface area contributed by atoms with Crippen molar-refractivity contribution in [3.05, 3.63) is 0 Å². The third kappa shape index (κ3) is 4.39. The number of carboxylic acid groups (broad SMARTS) is 1. The maximum atomic E-state index is 12.3. The van der Waals surface area contributed by atoms with Crippen molar-refractivity contribution < 1.29 is 14.7 Å². The second kappa shape index (κ2) is 6.95. The molecule has 0 aromatic carbocycles. The highest BCUT2D eigenvalue weighted by atomic mass is 16.4. The smallest absolute Gasteiger partial charge is 0.317 e. The van der Waals surface area contributed by atoms with Crippen molar-refractivity contribution in [1.29, 1.82) is 0 Å². The highest BCUT2D eigenvalue weighted by Crippen LogP contribution is 2.34. The van der Waals surface area contributed by atoms with Gasteiger partial charge in [0.2, 0.25) is 0 Å². The number of amides is 2. The molecule has 2 amide bonds. The molecular weight excluding hydrogens is 256 g/mol. The Hall–Kier alpha value is -1.26. The maximum absolute atomic E-state index is 12.3. The summed E-state index contributed by atoms with van der Waals surface area (Å²) < 4.78 is 0. The van der Waals surface area contributed by atoms with Crippen LogP contribution in [0.25, 0.3) is 0 Å². The SMILES string of the molecule is CCC1CCCN(C(=O)NC(CC(=O)O)C2CC2)CC1. The van der Waals surface area contributed by atoms with Crippen LogP contribution in [0.15, 0.2) is 0 Å². The zero-order valence-corrected chi connectivity index (χ0v) is 12.3. The number of carbonyl (C=O) groups excluding carboxylic acids is 1. The van der Waals surface area contributed by atoms with Crippen molar-refractivity contribution in [3.63, 3.8) is 0 Å². The Morgan fingerprint density at radius 1 is 1.25 bits per heavy atom. The van der Waals surface area contributed by atoms with Crippen molar-refractivity contribution in [1.82, 2.24) is 10.2 Å². The van der Waals surface area contributed by atoms with Crippen molar-refractivity contribution in [2.24, 2.45) is 11.8 Å². The molecule has 5 nitrogen and oxygen atoms in total. The summed E-state index contributed by atoms with van der Waals surface area (Å²) in [7, 11) is 0. The molecule has 2 fully saturated rings. The summed E-state index contributed by atoms with van der Waals surface area (Å²) in [6, 6.07) is -0.259. The van der Waals surface area contributed by atoms with Crippen molar-refractivity contribution in [3.8, 4) is 0 Å². The van der Waals surface area contributed by atoms with Crippen LogP contribution in [0.4, 0.5) is 4.79 Å². The number of likely N-dealkylation sites (tertiary alicyclic amines) is 1. The van der Waals surface area contributed by atoms with Gasteiger partial charge in [0.1, 0.15) is 0 Å². The zero-order valence-electron chi connectivity index (χ0n) is 12.3. The molecule has 114 valence electrons. The van der Waals surface area contributed by atoms with E-state index in [-0.39, 0.29) is 18.5 Å². The predicted molar refractivity (Wildman–Crippen MR) is 76.5 cm³/mol. The van der Waals surface area contributed by atoms with Gasteiger partial charge in [0.25, 0.3) is 0 Å². The number of nitrogens with zero attached hydrogens (tertiary/aromatic N) is 1. The van der Waals surface area contributed by atoms with Gasteiger partial charge in [0, 0.05) is 19.1 Å². The second-order valence-electron chi connectivity index (χ2n) is 6.18. The molecule has 1 aliphatic heterocycles. The summed E-state index contributed by atoms with van der Waals surface area (Å²) in [6.45, 7) is 3.80. The van der Waals surface area contributed by atoms with Crippen LogP contribution in [0.5, 0.6) is 0 Å². The lowest BCUT2D eigenvalue weighted by molar-refractivity contribution is -0.137. The highest BCUT2D eigenvalue weighted by Gasteiger charge is 2.34. The van der Waals surface area contributed by atoms with Crippen LogP contribution in [0.1, 0.15) is 51.9 Å². The monoisotopic (exact) mass is 282 g/mol. The first-order valence-electron chi connectivity index (χ1n) is 7.87. The molecule has 2 aliphatic rings. The fourth-order valence-electron chi connectivity index (χ4n) is 3.05. The van der Waals surface area contributed by atoms with E-state index in [1.54, 1.807) is 0 Å². The topological polar surface area (TPSA) is 69.6 Å². The zero-order chi connectivity index (χ0) is 14.5. The van der Waals surface area contributed by atoms with E-state index in [9.17, 15) is 9.59 Å². The summed E-state index contributed by atoms with van der Waals surface area (Å²) >= 11 is 0. The molecule has 2 unspecified atom stereocenters. The van der Waals surface area contributed by atoms with E-state index in [2.05, 4.69) is 12.2 Å². The molecule has 2 N–H and O–H groups in total. The summed E-state index contributed by atoms with van der Waals surface area (Å²) in [5.41, 5.74) is 0. The first-order valence-corrected chi connectivity index (χ1v) is 7.87. The molecule has 1 saturated heterocycles. The van der Waals surface area contributed by atoms with Crippen LogP contribution < -0.4 is 5.32 Å². The van der Waals surface area contributed by atoms with E-state index in [1.165, 1.54) is 12.8 Å². The van der Waals surface area contributed by atoms with E-state index >= 15 is 0 Å². The quantitative estimate of drug-likeness (QED) is 0.813. The Labute approximate surface area is 120 Å². The Morgan fingerprint density at radius 2 is 2.00 bits per heavy atom. The molecule has 1 aliphatic carbocycles. The van der Waals surface area contributed by atoms with Gasteiger partial charge >= 0.3 is 12.0 Å². The average Bonchev–Trinajstić information content (AvgIpc) is 3.23. The molecule has 2 atom stereocenters. The molecule has 0 aromatic rings. The normalized spacial score (nSPS) is 24.9. The number of rotatable bonds is 5. The molecule has 2 rings (SSSR count). The van der Waals surface area contributed by atoms with Crippen molar-refractivity contribution in [2.45, 2.75) is 57.9 Å². The number of carbonyl (C=O) groups is 2. The predicted octanol–water partition coefficient (Wildman–Crippen LogP) is 2.46. The standard InChI is InChI=1S/C15H26N2O3/c1-2-11-4-3-8-17(9-7-11)15(20)16-13(10-14(18)19)12-5-6-12/h11-13H,2-10H2,1H3,(H,16,20)(H,18,19). The summed E-state index contributed by atoms with van der Waals surface area (Å²) in [5.74, 6) is 0.264. The summed E-state index contributed by atoms with van der Waals surface area (Å²) in [4.78, 5) is 25.0. The molecule has 0 bridgehead atoms. The molecule has 1 saturated carbocycles. The lowest BCUT2D eigenvalue weighted by atomic mass is 9.98. The van der Waals surface area contributed by atoms with Crippen LogP contribution in [-0.2, 0) is 4.79 Å². The number of hydrogen-bond donors (Lipinski definition) is 2. The largest absolute Gasteiger partial charge is 0.481 e. The van der Waals surface area contributed by atoms with E-state index in [0.29, 0.717) is 5.92 Å². The van der Waals surface area contributed by atoms with E-state index in [4.69, 9.17) is 5.11 Å². The minimum Gasteiger partial charge on any atom is -0.481 e. The minimum absolute atomic E-state index is 0.0435. The van der Waals surface area contributed by atoms with Gasteiger partial charge in [-0.25, -0.2) is 4.79 Å². The molecule has 1 heterocycles. The van der Waals surface area contributed by atoms with Crippen molar-refractivity contribution >= 4 is 12.0 Å². The van der Waals surface area contributed by atoms with Crippen LogP contribution in [-0.4, -0.2) is 41.1 Å². The molecule has 5 heteroatoms. The first kappa shape index (κ1) is 15.1. The second-order valence-corrected chi connectivity index (χ2v) is 6.18. The maximum Gasteiger partial charge on any atom is 0.317 e. The van der Waals surface area contributed by atoms with Crippen LogP contribution in [0.2, 0.25) is 0 Å². The lowest BCUT2D eigenvalue weighted by Crippen LogP contribution is -2.46. The third-order valence-corrected chi connectivity index (χ3v) is 4.61. The van der Waals surface area contributed by atoms with Crippen LogP contribution in [0, 0.1) is 11.8 Å². The molecule has 0 aromatic heterocycles. The highest BCUT2D eigenvalue weighted by molar-refractivity contribution is 5.76. The number of carboxylic acids is 1. The number of hydrogen-bond acceptors (Lipinski definition) is 2. The lowest BCUT2D eigenvalue weighted by Gasteiger charge is -2.25. The van der Waals surface area contributed by atoms with Gasteiger partial charge in [0.15, 0.2) is 0 Å². The number of nitrogens with one attached hydrogen (secondary N) is 1. The van der Waals surface area contributed by atoms with E-state index in [0.717, 1.165) is 44.7 Å². The molecule has 20 heavy (non-hydrogen) atoms. The Balaban J connectivity index is 1.84. The van der Waals surface area contributed by atoms with E-state index in [1.807, 2.05) is 4.90 Å². The van der Waals surface area contributed by atoms with Gasteiger partial charge in [-0.2, -0.15) is 0 Å². The minimum atomic E-state index is -0.830. The Kier molecular flexibility index (Phi) is 5.26. The molecule has 0 radical (unpaired) electrons. The van der Waals surface area contributed by atoms with Gasteiger partial charge in [-0.1, -0.05) is 13.3 Å². The van der Waals surface area contributed by atoms with Crippen molar-refractivity contribution in [2.75, 3.05) is 13.1 Å². The Morgan fingerprint density at radius 3 is 2.60 bits per heavy atom. The first-order chi connectivity index (χ1) is 9.60. The average molecular weight is 282 g/mol. The fourth-order valence-corrected chi connectivity index (χ4v) is 3.05. The third-order valence-electron chi connectivity index (χ3n) is 4.61. The van der Waals surface area contributed by atoms with E-state index < -0.39 is 5.97 Å². The Bertz CT molecular complexity index is 355. The summed E-state index contributed by atoms with van der Waals surface area (Å²) in [5, 5.41) is 11.9. The van der Waals surface area contributed by atoms with Gasteiger partial charge < -0.3 is 15.3 Å². The van der Waals surface area contributed by atoms with Crippen LogP contribution >= 0.6 is 0 Å².